The van der Waals surface area contributed by atoms with E-state index in [-0.39, 0.29) is 17.9 Å². The van der Waals surface area contributed by atoms with E-state index in [2.05, 4.69) is 26.6 Å². The molecule has 0 unspecified atom stereocenters. The minimum atomic E-state index is -0.0845. The van der Waals surface area contributed by atoms with Gasteiger partial charge in [-0.05, 0) is 48.2 Å². The van der Waals surface area contributed by atoms with Crippen molar-refractivity contribution in [3.63, 3.8) is 0 Å². The molecule has 1 aliphatic heterocycles. The summed E-state index contributed by atoms with van der Waals surface area (Å²) in [7, 11) is 1.66. The third-order valence-corrected chi connectivity index (χ3v) is 5.44. The topological polar surface area (TPSA) is 61.4 Å². The summed E-state index contributed by atoms with van der Waals surface area (Å²) in [6, 6.07) is 15.6. The number of carbonyl (C=O) groups is 2. The maximum atomic E-state index is 12.5. The number of halogens is 1. The second kappa shape index (κ2) is 9.04. The highest BCUT2D eigenvalue weighted by molar-refractivity contribution is 9.10. The SMILES string of the molecule is CNC(=O)N1CCC[C@H](c2cccc(C(=O)NCc3ccc(Br)cc3)c2)C1. The zero-order valence-corrected chi connectivity index (χ0v) is 17.0. The van der Waals surface area contributed by atoms with E-state index >= 15 is 0 Å². The zero-order valence-electron chi connectivity index (χ0n) is 15.4. The Morgan fingerprint density at radius 2 is 1.96 bits per heavy atom. The number of amides is 3. The number of nitrogens with one attached hydrogen (secondary N) is 2. The van der Waals surface area contributed by atoms with Gasteiger partial charge in [0.2, 0.25) is 0 Å². The average molecular weight is 430 g/mol. The summed E-state index contributed by atoms with van der Waals surface area (Å²) in [5.41, 5.74) is 2.82. The normalized spacial score (nSPS) is 16.7. The van der Waals surface area contributed by atoms with Gasteiger partial charge >= 0.3 is 6.03 Å². The van der Waals surface area contributed by atoms with Crippen molar-refractivity contribution in [2.24, 2.45) is 0 Å². The molecule has 0 radical (unpaired) electrons. The van der Waals surface area contributed by atoms with Gasteiger partial charge in [-0.3, -0.25) is 4.79 Å². The van der Waals surface area contributed by atoms with E-state index in [1.54, 1.807) is 7.05 Å². The van der Waals surface area contributed by atoms with Crippen LogP contribution in [0.1, 0.15) is 40.2 Å². The number of hydrogen-bond donors (Lipinski definition) is 2. The van der Waals surface area contributed by atoms with Crippen molar-refractivity contribution >= 4 is 27.9 Å². The van der Waals surface area contributed by atoms with E-state index < -0.39 is 0 Å². The fourth-order valence-corrected chi connectivity index (χ4v) is 3.68. The zero-order chi connectivity index (χ0) is 19.2. The summed E-state index contributed by atoms with van der Waals surface area (Å²) in [5.74, 6) is 0.175. The first-order chi connectivity index (χ1) is 13.1. The summed E-state index contributed by atoms with van der Waals surface area (Å²) in [6.07, 6.45) is 2.00. The molecule has 0 bridgehead atoms. The second-order valence-electron chi connectivity index (χ2n) is 6.77. The summed E-state index contributed by atoms with van der Waals surface area (Å²) in [6.45, 7) is 1.96. The molecule has 2 N–H and O–H groups in total. The first kappa shape index (κ1) is 19.4. The predicted molar refractivity (Wildman–Crippen MR) is 110 cm³/mol. The highest BCUT2D eigenvalue weighted by atomic mass is 79.9. The fourth-order valence-electron chi connectivity index (χ4n) is 3.41. The van der Waals surface area contributed by atoms with Crippen molar-refractivity contribution in [2.75, 3.05) is 20.1 Å². The predicted octanol–water partition coefficient (Wildman–Crippen LogP) is 3.90. The Morgan fingerprint density at radius 1 is 1.19 bits per heavy atom. The van der Waals surface area contributed by atoms with Gasteiger partial charge in [-0.15, -0.1) is 0 Å². The van der Waals surface area contributed by atoms with Gasteiger partial charge in [0, 0.05) is 42.6 Å². The number of urea groups is 1. The molecule has 2 aromatic rings. The van der Waals surface area contributed by atoms with Gasteiger partial charge in [-0.25, -0.2) is 4.79 Å². The van der Waals surface area contributed by atoms with Gasteiger partial charge in [0.1, 0.15) is 0 Å². The minimum absolute atomic E-state index is 0.0388. The third-order valence-electron chi connectivity index (χ3n) is 4.91. The van der Waals surface area contributed by atoms with E-state index in [0.29, 0.717) is 18.7 Å². The average Bonchev–Trinajstić information content (AvgIpc) is 2.72. The standard InChI is InChI=1S/C21H24BrN3O2/c1-23-21(27)25-11-3-6-18(14-25)16-4-2-5-17(12-16)20(26)24-13-15-7-9-19(22)10-8-15/h2,4-5,7-10,12,18H,3,6,11,13-14H2,1H3,(H,23,27)(H,24,26)/t18-/m0/s1. The smallest absolute Gasteiger partial charge is 0.317 e. The molecule has 3 amide bonds. The third kappa shape index (κ3) is 5.10. The fraction of sp³-hybridized carbons (Fsp3) is 0.333. The Morgan fingerprint density at radius 3 is 2.70 bits per heavy atom. The maximum absolute atomic E-state index is 12.5. The van der Waals surface area contributed by atoms with Gasteiger partial charge in [-0.2, -0.15) is 0 Å². The molecule has 1 aliphatic rings. The Hall–Kier alpha value is -2.34. The lowest BCUT2D eigenvalue weighted by molar-refractivity contribution is 0.0950. The molecule has 142 valence electrons. The van der Waals surface area contributed by atoms with Crippen molar-refractivity contribution in [1.29, 1.82) is 0 Å². The lowest BCUT2D eigenvalue weighted by atomic mass is 9.89. The molecular weight excluding hydrogens is 406 g/mol. The Labute approximate surface area is 168 Å². The number of rotatable bonds is 4. The lowest BCUT2D eigenvalue weighted by Crippen LogP contribution is -2.43. The summed E-state index contributed by atoms with van der Waals surface area (Å²) < 4.78 is 1.02. The molecule has 0 spiro atoms. The first-order valence-corrected chi connectivity index (χ1v) is 9.95. The first-order valence-electron chi connectivity index (χ1n) is 9.16. The molecule has 1 fully saturated rings. The van der Waals surface area contributed by atoms with Gasteiger partial charge in [-0.1, -0.05) is 40.2 Å². The molecule has 6 heteroatoms. The van der Waals surface area contributed by atoms with E-state index in [9.17, 15) is 9.59 Å². The molecule has 1 heterocycles. The van der Waals surface area contributed by atoms with Crippen LogP contribution in [0.3, 0.4) is 0 Å². The monoisotopic (exact) mass is 429 g/mol. The van der Waals surface area contributed by atoms with Crippen molar-refractivity contribution < 1.29 is 9.59 Å². The number of carbonyl (C=O) groups excluding carboxylic acids is 2. The number of piperidine rings is 1. The lowest BCUT2D eigenvalue weighted by Gasteiger charge is -2.32. The molecule has 27 heavy (non-hydrogen) atoms. The number of nitrogens with zero attached hydrogens (tertiary/aromatic N) is 1. The van der Waals surface area contributed by atoms with Crippen molar-refractivity contribution in [2.45, 2.75) is 25.3 Å². The van der Waals surface area contributed by atoms with Crippen LogP contribution in [0.4, 0.5) is 4.79 Å². The molecule has 1 saturated heterocycles. The van der Waals surface area contributed by atoms with Gasteiger partial charge in [0.05, 0.1) is 0 Å². The Kier molecular flexibility index (Phi) is 6.50. The summed E-state index contributed by atoms with van der Waals surface area (Å²) in [5, 5.41) is 5.66. The molecular formula is C21H24BrN3O2. The second-order valence-corrected chi connectivity index (χ2v) is 7.69. The van der Waals surface area contributed by atoms with E-state index in [0.717, 1.165) is 35.0 Å². The van der Waals surface area contributed by atoms with Crippen LogP contribution in [0.25, 0.3) is 0 Å². The number of likely N-dealkylation sites (tertiary alicyclic amines) is 1. The molecule has 3 rings (SSSR count). The van der Waals surface area contributed by atoms with Crippen LogP contribution >= 0.6 is 15.9 Å². The number of benzene rings is 2. The van der Waals surface area contributed by atoms with Crippen LogP contribution < -0.4 is 10.6 Å². The van der Waals surface area contributed by atoms with Gasteiger partial charge < -0.3 is 15.5 Å². The van der Waals surface area contributed by atoms with Gasteiger partial charge in [0.15, 0.2) is 0 Å². The van der Waals surface area contributed by atoms with Crippen LogP contribution in [0.15, 0.2) is 53.0 Å². The van der Waals surface area contributed by atoms with E-state index in [4.69, 9.17) is 0 Å². The maximum Gasteiger partial charge on any atom is 0.317 e. The highest BCUT2D eigenvalue weighted by Crippen LogP contribution is 2.27. The number of hydrogen-bond acceptors (Lipinski definition) is 2. The van der Waals surface area contributed by atoms with Gasteiger partial charge in [0.25, 0.3) is 5.91 Å². The summed E-state index contributed by atoms with van der Waals surface area (Å²) in [4.78, 5) is 26.3. The Balaban J connectivity index is 1.64. The summed E-state index contributed by atoms with van der Waals surface area (Å²) >= 11 is 3.41. The van der Waals surface area contributed by atoms with Crippen LogP contribution in [0.2, 0.25) is 0 Å². The van der Waals surface area contributed by atoms with Crippen molar-refractivity contribution in [3.05, 3.63) is 69.7 Å². The molecule has 5 nitrogen and oxygen atoms in total. The molecule has 2 aromatic carbocycles. The largest absolute Gasteiger partial charge is 0.348 e. The minimum Gasteiger partial charge on any atom is -0.348 e. The van der Waals surface area contributed by atoms with Crippen LogP contribution in [-0.4, -0.2) is 37.0 Å². The molecule has 0 saturated carbocycles. The Bertz CT molecular complexity index is 807. The van der Waals surface area contributed by atoms with Crippen molar-refractivity contribution in [1.82, 2.24) is 15.5 Å². The molecule has 1 atom stereocenters. The van der Waals surface area contributed by atoms with E-state index in [1.807, 2.05) is 53.4 Å². The van der Waals surface area contributed by atoms with Crippen LogP contribution in [-0.2, 0) is 6.54 Å². The van der Waals surface area contributed by atoms with Crippen LogP contribution in [0.5, 0.6) is 0 Å². The van der Waals surface area contributed by atoms with Crippen LogP contribution in [0, 0.1) is 0 Å². The quantitative estimate of drug-likeness (QED) is 0.773. The van der Waals surface area contributed by atoms with E-state index in [1.165, 1.54) is 0 Å². The molecule has 0 aromatic heterocycles. The molecule has 0 aliphatic carbocycles. The van der Waals surface area contributed by atoms with Crippen molar-refractivity contribution in [3.8, 4) is 0 Å². The highest BCUT2D eigenvalue weighted by Gasteiger charge is 2.24.